The second-order valence-corrected chi connectivity index (χ2v) is 8.63. The van der Waals surface area contributed by atoms with Crippen molar-refractivity contribution in [3.63, 3.8) is 0 Å². The zero-order chi connectivity index (χ0) is 23.3. The summed E-state index contributed by atoms with van der Waals surface area (Å²) >= 11 is 0. The molecule has 8 nitrogen and oxygen atoms in total. The van der Waals surface area contributed by atoms with Crippen molar-refractivity contribution in [2.24, 2.45) is 0 Å². The van der Waals surface area contributed by atoms with E-state index in [1.165, 1.54) is 17.0 Å². The number of carbonyl (C=O) groups is 2. The summed E-state index contributed by atoms with van der Waals surface area (Å²) < 4.78 is 5.10. The summed E-state index contributed by atoms with van der Waals surface area (Å²) in [6.45, 7) is 5.50. The van der Waals surface area contributed by atoms with Gasteiger partial charge >= 0.3 is 5.97 Å². The van der Waals surface area contributed by atoms with E-state index in [2.05, 4.69) is 0 Å². The molecule has 0 saturated heterocycles. The molecule has 0 fully saturated rings. The number of nitrogens with zero attached hydrogens (tertiary/aromatic N) is 3. The Kier molecular flexibility index (Phi) is 7.38. The average molecular weight is 428 g/mol. The van der Waals surface area contributed by atoms with Crippen molar-refractivity contribution in [1.29, 1.82) is 0 Å². The first-order valence-electron chi connectivity index (χ1n) is 9.86. The van der Waals surface area contributed by atoms with Gasteiger partial charge in [0.15, 0.2) is 6.61 Å². The number of benzene rings is 2. The van der Waals surface area contributed by atoms with E-state index < -0.39 is 22.9 Å². The number of rotatable bonds is 7. The topological polar surface area (TPSA) is 93.0 Å². The fourth-order valence-electron chi connectivity index (χ4n) is 3.03. The predicted octanol–water partition coefficient (Wildman–Crippen LogP) is 3.77. The first-order chi connectivity index (χ1) is 14.4. The highest BCUT2D eigenvalue weighted by atomic mass is 16.6. The molecule has 2 rings (SSSR count). The van der Waals surface area contributed by atoms with Gasteiger partial charge < -0.3 is 14.5 Å². The third-order valence-corrected chi connectivity index (χ3v) is 4.86. The normalized spacial score (nSPS) is 11.0. The van der Waals surface area contributed by atoms with Crippen LogP contribution < -0.4 is 4.90 Å². The molecular weight excluding hydrogens is 398 g/mol. The minimum Gasteiger partial charge on any atom is -0.452 e. The number of amides is 1. The Bertz CT molecular complexity index is 962. The van der Waals surface area contributed by atoms with Crippen LogP contribution in [-0.4, -0.2) is 49.4 Å². The summed E-state index contributed by atoms with van der Waals surface area (Å²) in [6.07, 6.45) is 0. The molecule has 0 aliphatic rings. The lowest BCUT2D eigenvalue weighted by Crippen LogP contribution is -2.30. The van der Waals surface area contributed by atoms with Crippen LogP contribution in [0.2, 0.25) is 0 Å². The Morgan fingerprint density at radius 2 is 1.65 bits per heavy atom. The fraction of sp³-hybridized carbons (Fsp3) is 0.391. The smallest absolute Gasteiger partial charge is 0.338 e. The van der Waals surface area contributed by atoms with Gasteiger partial charge in [0, 0.05) is 45.0 Å². The van der Waals surface area contributed by atoms with Gasteiger partial charge in [0.25, 0.3) is 11.6 Å². The first-order valence-corrected chi connectivity index (χ1v) is 9.86. The van der Waals surface area contributed by atoms with E-state index in [4.69, 9.17) is 4.74 Å². The van der Waals surface area contributed by atoms with Gasteiger partial charge in [-0.05, 0) is 29.2 Å². The van der Waals surface area contributed by atoms with Gasteiger partial charge in [-0.15, -0.1) is 0 Å². The maximum atomic E-state index is 12.4. The number of nitro groups is 1. The van der Waals surface area contributed by atoms with Gasteiger partial charge in [0.1, 0.15) is 0 Å². The predicted molar refractivity (Wildman–Crippen MR) is 119 cm³/mol. The van der Waals surface area contributed by atoms with E-state index >= 15 is 0 Å². The van der Waals surface area contributed by atoms with Crippen LogP contribution in [0.25, 0.3) is 0 Å². The van der Waals surface area contributed by atoms with Gasteiger partial charge in [-0.2, -0.15) is 0 Å². The second kappa shape index (κ2) is 9.59. The van der Waals surface area contributed by atoms with Gasteiger partial charge in [0.2, 0.25) is 0 Å². The van der Waals surface area contributed by atoms with Crippen molar-refractivity contribution in [1.82, 2.24) is 4.90 Å². The molecule has 0 N–H and O–H groups in total. The van der Waals surface area contributed by atoms with E-state index in [-0.39, 0.29) is 17.2 Å². The van der Waals surface area contributed by atoms with E-state index in [0.29, 0.717) is 12.1 Å². The van der Waals surface area contributed by atoms with Crippen LogP contribution in [0.4, 0.5) is 11.4 Å². The lowest BCUT2D eigenvalue weighted by Gasteiger charge is -2.19. The van der Waals surface area contributed by atoms with Gasteiger partial charge in [-0.25, -0.2) is 4.79 Å². The largest absolute Gasteiger partial charge is 0.452 e. The summed E-state index contributed by atoms with van der Waals surface area (Å²) in [5.74, 6) is -1.15. The van der Waals surface area contributed by atoms with Crippen molar-refractivity contribution in [3.8, 4) is 0 Å². The highest BCUT2D eigenvalue weighted by Crippen LogP contribution is 2.32. The number of hydrogen-bond donors (Lipinski definition) is 0. The maximum absolute atomic E-state index is 12.4. The van der Waals surface area contributed by atoms with Gasteiger partial charge in [0.05, 0.1) is 10.5 Å². The van der Waals surface area contributed by atoms with Crippen molar-refractivity contribution < 1.29 is 19.2 Å². The minimum atomic E-state index is -0.777. The summed E-state index contributed by atoms with van der Waals surface area (Å²) in [6, 6.07) is 12.0. The fourth-order valence-corrected chi connectivity index (χ4v) is 3.03. The molecule has 0 bridgehead atoms. The zero-order valence-corrected chi connectivity index (χ0v) is 18.8. The Morgan fingerprint density at radius 1 is 1.03 bits per heavy atom. The molecule has 0 atom stereocenters. The highest BCUT2D eigenvalue weighted by Gasteiger charge is 2.26. The SMILES string of the molecule is CN(Cc1ccc(N(C)C)cc1)C(=O)COC(=O)c1ccc(C(C)(C)C)c([N+](=O)[O-])c1. The molecule has 31 heavy (non-hydrogen) atoms. The molecule has 2 aromatic rings. The third kappa shape index (κ3) is 6.28. The number of anilines is 1. The van der Waals surface area contributed by atoms with Crippen molar-refractivity contribution in [2.45, 2.75) is 32.7 Å². The van der Waals surface area contributed by atoms with Crippen LogP contribution >= 0.6 is 0 Å². The summed E-state index contributed by atoms with van der Waals surface area (Å²) in [7, 11) is 5.52. The molecule has 0 aromatic heterocycles. The minimum absolute atomic E-state index is 0.0365. The van der Waals surface area contributed by atoms with Crippen molar-refractivity contribution in [2.75, 3.05) is 32.6 Å². The molecule has 0 aliphatic carbocycles. The second-order valence-electron chi connectivity index (χ2n) is 8.63. The van der Waals surface area contributed by atoms with E-state index in [0.717, 1.165) is 11.3 Å². The Balaban J connectivity index is 2.00. The van der Waals surface area contributed by atoms with Crippen LogP contribution in [0.5, 0.6) is 0 Å². The van der Waals surface area contributed by atoms with Crippen LogP contribution in [0, 0.1) is 10.1 Å². The zero-order valence-electron chi connectivity index (χ0n) is 18.8. The number of nitro benzene ring substituents is 1. The Hall–Kier alpha value is -3.42. The number of hydrogen-bond acceptors (Lipinski definition) is 6. The van der Waals surface area contributed by atoms with E-state index in [1.807, 2.05) is 64.0 Å². The Labute approximate surface area is 182 Å². The Morgan fingerprint density at radius 3 is 2.16 bits per heavy atom. The molecule has 0 unspecified atom stereocenters. The van der Waals surface area contributed by atoms with Gasteiger partial charge in [-0.3, -0.25) is 14.9 Å². The lowest BCUT2D eigenvalue weighted by atomic mass is 9.85. The number of carbonyl (C=O) groups excluding carboxylic acids is 2. The number of likely N-dealkylation sites (N-methyl/N-ethyl adjacent to an activating group) is 1. The van der Waals surface area contributed by atoms with Crippen LogP contribution in [0.15, 0.2) is 42.5 Å². The molecule has 8 heteroatoms. The van der Waals surface area contributed by atoms with E-state index in [1.54, 1.807) is 13.1 Å². The lowest BCUT2D eigenvalue weighted by molar-refractivity contribution is -0.386. The molecule has 0 aliphatic heterocycles. The van der Waals surface area contributed by atoms with Crippen molar-refractivity contribution >= 4 is 23.3 Å². The quantitative estimate of drug-likeness (QED) is 0.379. The van der Waals surface area contributed by atoms with Crippen molar-refractivity contribution in [3.05, 3.63) is 69.3 Å². The van der Waals surface area contributed by atoms with Crippen LogP contribution in [-0.2, 0) is 21.5 Å². The van der Waals surface area contributed by atoms with Crippen LogP contribution in [0.3, 0.4) is 0 Å². The summed E-state index contributed by atoms with van der Waals surface area (Å²) in [4.78, 5) is 39.0. The van der Waals surface area contributed by atoms with E-state index in [9.17, 15) is 19.7 Å². The maximum Gasteiger partial charge on any atom is 0.338 e. The molecule has 1 amide bonds. The van der Waals surface area contributed by atoms with Gasteiger partial charge in [-0.1, -0.05) is 39.0 Å². The molecule has 0 heterocycles. The molecule has 2 aromatic carbocycles. The molecular formula is C23H29N3O5. The molecule has 0 saturated carbocycles. The number of ether oxygens (including phenoxy) is 1. The monoisotopic (exact) mass is 427 g/mol. The number of esters is 1. The molecule has 0 radical (unpaired) electrons. The highest BCUT2D eigenvalue weighted by molar-refractivity contribution is 5.92. The average Bonchev–Trinajstić information content (AvgIpc) is 2.70. The first kappa shape index (κ1) is 23.9. The van der Waals surface area contributed by atoms with Crippen LogP contribution in [0.1, 0.15) is 42.3 Å². The molecule has 0 spiro atoms. The summed E-state index contributed by atoms with van der Waals surface area (Å²) in [5, 5.41) is 11.4. The third-order valence-electron chi connectivity index (χ3n) is 4.86. The summed E-state index contributed by atoms with van der Waals surface area (Å²) in [5.41, 5.74) is 1.96. The standard InChI is InChI=1S/C23H29N3O5/c1-23(2,3)19-12-9-17(13-20(19)26(29)30)22(28)31-15-21(27)25(6)14-16-7-10-18(11-8-16)24(4)5/h7-13H,14-15H2,1-6H3. The molecule has 166 valence electrons.